The number of hydrogen-bond donors (Lipinski definition) is 0. The van der Waals surface area contributed by atoms with Crippen molar-refractivity contribution in [3.8, 4) is 0 Å². The number of rotatable bonds is 8. The molecule has 3 atom stereocenters. The molecule has 196 valence electrons. The summed E-state index contributed by atoms with van der Waals surface area (Å²) >= 11 is 0. The van der Waals surface area contributed by atoms with Gasteiger partial charge in [-0.3, -0.25) is 9.78 Å². The first-order valence-electron chi connectivity index (χ1n) is 12.7. The highest BCUT2D eigenvalue weighted by atomic mass is 28.3. The van der Waals surface area contributed by atoms with Crippen LogP contribution in [-0.4, -0.2) is 39.8 Å². The lowest BCUT2D eigenvalue weighted by molar-refractivity contribution is -0.388. The zero-order valence-corrected chi connectivity index (χ0v) is 24.8. The van der Waals surface area contributed by atoms with Gasteiger partial charge in [0.15, 0.2) is 0 Å². The average Bonchev–Trinajstić information content (AvgIpc) is 2.82. The molecule has 0 aliphatic heterocycles. The molecule has 0 spiro atoms. The van der Waals surface area contributed by atoms with Crippen molar-refractivity contribution in [3.05, 3.63) is 59.7 Å². The summed E-state index contributed by atoms with van der Waals surface area (Å²) in [6.07, 6.45) is 1.52. The van der Waals surface area contributed by atoms with Gasteiger partial charge >= 0.3 is 11.9 Å². The van der Waals surface area contributed by atoms with Crippen LogP contribution in [0.1, 0.15) is 53.8 Å². The fraction of sp³-hybridized carbons (Fsp3) is 0.500. The van der Waals surface area contributed by atoms with E-state index in [1.54, 1.807) is 24.3 Å². The molecular formula is C28H40O6Si2. The average molecular weight is 529 g/mol. The molecule has 6 nitrogen and oxygen atoms in total. The molecular weight excluding hydrogens is 488 g/mol. The first-order valence-corrected chi connectivity index (χ1v) is 19.7. The Morgan fingerprint density at radius 2 is 1.22 bits per heavy atom. The molecule has 3 unspecified atom stereocenters. The zero-order chi connectivity index (χ0) is 26.7. The van der Waals surface area contributed by atoms with Gasteiger partial charge in [-0.25, -0.2) is 9.59 Å². The Kier molecular flexibility index (Phi) is 8.65. The monoisotopic (exact) mass is 528 g/mol. The SMILES string of the molecule is CC1CCC(C)(OOC(=O)c2ccc([Si](C)(C)C)cc2)C(OOC(=O)c2ccc([Si](C)(C)C)cc2)C1. The topological polar surface area (TPSA) is 71.1 Å². The number of carbonyl (C=O) groups excluding carboxylic acids is 2. The van der Waals surface area contributed by atoms with Crippen molar-refractivity contribution in [2.45, 2.75) is 84.1 Å². The summed E-state index contributed by atoms with van der Waals surface area (Å²) in [6, 6.07) is 15.0. The highest BCUT2D eigenvalue weighted by Gasteiger charge is 2.45. The highest BCUT2D eigenvalue weighted by Crippen LogP contribution is 2.37. The summed E-state index contributed by atoms with van der Waals surface area (Å²) in [4.78, 5) is 47.1. The lowest BCUT2D eigenvalue weighted by Crippen LogP contribution is -2.48. The van der Waals surface area contributed by atoms with Crippen LogP contribution in [0.4, 0.5) is 0 Å². The molecule has 0 amide bonds. The minimum absolute atomic E-state index is 0.353. The molecule has 2 aromatic carbocycles. The summed E-state index contributed by atoms with van der Waals surface area (Å²) in [5.41, 5.74) is -0.0883. The smallest absolute Gasteiger partial charge is 0.292 e. The molecule has 1 aliphatic rings. The fourth-order valence-corrected chi connectivity index (χ4v) is 6.54. The van der Waals surface area contributed by atoms with Crippen molar-refractivity contribution in [1.29, 1.82) is 0 Å². The second-order valence-corrected chi connectivity index (χ2v) is 22.4. The van der Waals surface area contributed by atoms with Gasteiger partial charge in [0.1, 0.15) is 11.7 Å². The van der Waals surface area contributed by atoms with Crippen molar-refractivity contribution in [2.75, 3.05) is 0 Å². The van der Waals surface area contributed by atoms with Crippen molar-refractivity contribution >= 4 is 38.5 Å². The van der Waals surface area contributed by atoms with E-state index in [9.17, 15) is 9.59 Å². The predicted molar refractivity (Wildman–Crippen MR) is 147 cm³/mol. The quantitative estimate of drug-likeness (QED) is 0.252. The molecule has 1 aliphatic carbocycles. The Labute approximate surface area is 217 Å². The van der Waals surface area contributed by atoms with Gasteiger partial charge in [0, 0.05) is 0 Å². The van der Waals surface area contributed by atoms with Crippen molar-refractivity contribution in [3.63, 3.8) is 0 Å². The van der Waals surface area contributed by atoms with E-state index in [0.717, 1.165) is 6.42 Å². The summed E-state index contributed by atoms with van der Waals surface area (Å²) < 4.78 is 0. The molecule has 0 N–H and O–H groups in total. The molecule has 0 radical (unpaired) electrons. The number of benzene rings is 2. The van der Waals surface area contributed by atoms with Crippen LogP contribution in [0.2, 0.25) is 39.3 Å². The first kappa shape index (κ1) is 28.3. The lowest BCUT2D eigenvalue weighted by Gasteiger charge is -2.39. The summed E-state index contributed by atoms with van der Waals surface area (Å²) in [5.74, 6) is -0.765. The predicted octanol–water partition coefficient (Wildman–Crippen LogP) is 5.60. The normalized spacial score (nSPS) is 22.7. The van der Waals surface area contributed by atoms with E-state index in [-0.39, 0.29) is 0 Å². The van der Waals surface area contributed by atoms with Gasteiger partial charge < -0.3 is 0 Å². The molecule has 36 heavy (non-hydrogen) atoms. The van der Waals surface area contributed by atoms with E-state index in [4.69, 9.17) is 19.6 Å². The Balaban J connectivity index is 1.62. The minimum atomic E-state index is -1.46. The maximum atomic E-state index is 12.7. The molecule has 3 rings (SSSR count). The summed E-state index contributed by atoms with van der Waals surface area (Å²) in [5, 5.41) is 2.53. The van der Waals surface area contributed by atoms with E-state index >= 15 is 0 Å². The third-order valence-electron chi connectivity index (χ3n) is 6.95. The van der Waals surface area contributed by atoms with Crippen LogP contribution in [0.5, 0.6) is 0 Å². The van der Waals surface area contributed by atoms with Crippen LogP contribution in [0.25, 0.3) is 0 Å². The van der Waals surface area contributed by atoms with Crippen LogP contribution in [-0.2, 0) is 19.6 Å². The Bertz CT molecular complexity index is 1050. The Morgan fingerprint density at radius 3 is 1.67 bits per heavy atom. The van der Waals surface area contributed by atoms with Crippen molar-refractivity contribution in [1.82, 2.24) is 0 Å². The van der Waals surface area contributed by atoms with Crippen LogP contribution < -0.4 is 10.4 Å². The van der Waals surface area contributed by atoms with Crippen LogP contribution in [0.15, 0.2) is 48.5 Å². The van der Waals surface area contributed by atoms with Crippen molar-refractivity contribution in [2.24, 2.45) is 5.92 Å². The molecule has 0 aromatic heterocycles. The van der Waals surface area contributed by atoms with Gasteiger partial charge in [-0.2, -0.15) is 9.78 Å². The second kappa shape index (κ2) is 11.0. The largest absolute Gasteiger partial charge is 0.373 e. The van der Waals surface area contributed by atoms with E-state index < -0.39 is 39.8 Å². The fourth-order valence-electron chi connectivity index (χ4n) is 4.21. The molecule has 0 heterocycles. The van der Waals surface area contributed by atoms with E-state index in [1.807, 2.05) is 31.2 Å². The molecule has 2 aromatic rings. The van der Waals surface area contributed by atoms with Gasteiger partial charge in [-0.15, -0.1) is 0 Å². The third-order valence-corrected chi connectivity index (χ3v) is 11.1. The van der Waals surface area contributed by atoms with Crippen LogP contribution in [0, 0.1) is 5.92 Å². The van der Waals surface area contributed by atoms with Gasteiger partial charge in [0.2, 0.25) is 0 Å². The summed E-state index contributed by atoms with van der Waals surface area (Å²) in [6.45, 7) is 17.5. The van der Waals surface area contributed by atoms with E-state index in [0.29, 0.717) is 29.9 Å². The second-order valence-electron chi connectivity index (χ2n) is 12.3. The highest BCUT2D eigenvalue weighted by molar-refractivity contribution is 6.89. The lowest BCUT2D eigenvalue weighted by atomic mass is 9.78. The number of hydrogen-bond acceptors (Lipinski definition) is 6. The molecule has 0 bridgehead atoms. The standard InChI is InChI=1S/C28H40O6Si2/c1-20-17-18-28(2,34-33-27(30)22-11-15-24(16-12-22)36(6,7)8)25(19-20)31-32-26(29)21-9-13-23(14-10-21)35(3,4)5/h9-16,20,25H,17-19H2,1-8H3. The maximum absolute atomic E-state index is 12.7. The first-order chi connectivity index (χ1) is 16.7. The Morgan fingerprint density at radius 1 is 0.778 bits per heavy atom. The Hall–Kier alpha value is -2.27. The minimum Gasteiger partial charge on any atom is -0.292 e. The van der Waals surface area contributed by atoms with Crippen molar-refractivity contribution < 1.29 is 29.1 Å². The van der Waals surface area contributed by atoms with Gasteiger partial charge in [0.25, 0.3) is 0 Å². The molecule has 1 saturated carbocycles. The molecule has 0 saturated heterocycles. The van der Waals surface area contributed by atoms with Gasteiger partial charge in [-0.05, 0) is 56.4 Å². The van der Waals surface area contributed by atoms with Crippen LogP contribution >= 0.6 is 0 Å². The maximum Gasteiger partial charge on any atom is 0.373 e. The van der Waals surface area contributed by atoms with Crippen LogP contribution in [0.3, 0.4) is 0 Å². The third kappa shape index (κ3) is 7.15. The van der Waals surface area contributed by atoms with E-state index in [2.05, 4.69) is 46.2 Å². The van der Waals surface area contributed by atoms with Gasteiger partial charge in [0.05, 0.1) is 27.3 Å². The number of carbonyl (C=O) groups is 2. The molecule has 8 heteroatoms. The zero-order valence-electron chi connectivity index (χ0n) is 22.8. The molecule has 1 fully saturated rings. The summed E-state index contributed by atoms with van der Waals surface area (Å²) in [7, 11) is -2.92. The van der Waals surface area contributed by atoms with Gasteiger partial charge in [-0.1, -0.05) is 80.8 Å². The van der Waals surface area contributed by atoms with E-state index in [1.165, 1.54) is 10.4 Å².